The lowest BCUT2D eigenvalue weighted by Gasteiger charge is -2.46. The largest absolute Gasteiger partial charge is 0.496 e. The van der Waals surface area contributed by atoms with Gasteiger partial charge in [-0.15, -0.1) is 0 Å². The van der Waals surface area contributed by atoms with Crippen molar-refractivity contribution in [3.05, 3.63) is 23.0 Å². The van der Waals surface area contributed by atoms with Crippen molar-refractivity contribution in [2.45, 2.75) is 65.4 Å². The molecular formula is C17H27NO2. The average Bonchev–Trinajstić information content (AvgIpc) is 2.38. The maximum absolute atomic E-state index is 11.1. The Bertz CT molecular complexity index is 496. The summed E-state index contributed by atoms with van der Waals surface area (Å²) in [5.74, 6) is 0.896. The normalized spacial score (nSPS) is 25.5. The van der Waals surface area contributed by atoms with Crippen LogP contribution in [0.1, 0.15) is 56.4 Å². The highest BCUT2D eigenvalue weighted by atomic mass is 16.5. The van der Waals surface area contributed by atoms with Crippen LogP contribution in [0.4, 0.5) is 0 Å². The highest BCUT2D eigenvalue weighted by molar-refractivity contribution is 5.41. The summed E-state index contributed by atoms with van der Waals surface area (Å²) >= 11 is 0. The Balaban J connectivity index is 2.34. The third-order valence-electron chi connectivity index (χ3n) is 5.11. The van der Waals surface area contributed by atoms with Gasteiger partial charge in [0, 0.05) is 29.4 Å². The van der Waals surface area contributed by atoms with E-state index >= 15 is 0 Å². The topological polar surface area (TPSA) is 42.4 Å². The van der Waals surface area contributed by atoms with Crippen LogP contribution in [0.25, 0.3) is 0 Å². The Labute approximate surface area is 122 Å². The molecule has 0 bridgehead atoms. The summed E-state index contributed by atoms with van der Waals surface area (Å²) in [5, 5.41) is 11.1. The summed E-state index contributed by atoms with van der Waals surface area (Å²) < 4.78 is 5.47. The minimum absolute atomic E-state index is 0.0580. The molecule has 1 unspecified atom stereocenters. The molecule has 0 aliphatic heterocycles. The molecule has 1 atom stereocenters. The molecule has 1 saturated carbocycles. The van der Waals surface area contributed by atoms with Crippen LogP contribution < -0.4 is 4.74 Å². The number of pyridine rings is 1. The van der Waals surface area contributed by atoms with E-state index < -0.39 is 5.60 Å². The number of rotatable bonds is 3. The fraction of sp³-hybridized carbons (Fsp3) is 0.706. The summed E-state index contributed by atoms with van der Waals surface area (Å²) in [4.78, 5) is 4.55. The van der Waals surface area contributed by atoms with E-state index in [0.717, 1.165) is 41.8 Å². The molecule has 2 rings (SSSR count). The highest BCUT2D eigenvalue weighted by Gasteiger charge is 2.45. The zero-order chi connectivity index (χ0) is 15.0. The van der Waals surface area contributed by atoms with Crippen LogP contribution in [-0.4, -0.2) is 22.8 Å². The Morgan fingerprint density at radius 3 is 2.50 bits per heavy atom. The number of hydrogen-bond acceptors (Lipinski definition) is 3. The first-order chi connectivity index (χ1) is 9.31. The molecular weight excluding hydrogens is 250 g/mol. The van der Waals surface area contributed by atoms with Crippen LogP contribution in [0, 0.1) is 19.3 Å². The van der Waals surface area contributed by atoms with E-state index in [2.05, 4.69) is 18.8 Å². The first kappa shape index (κ1) is 15.3. The molecule has 0 saturated heterocycles. The molecule has 3 nitrogen and oxygen atoms in total. The van der Waals surface area contributed by atoms with E-state index in [1.807, 2.05) is 20.0 Å². The smallest absolute Gasteiger partial charge is 0.128 e. The average molecular weight is 277 g/mol. The lowest BCUT2D eigenvalue weighted by atomic mass is 9.63. The number of aromatic nitrogens is 1. The van der Waals surface area contributed by atoms with Gasteiger partial charge in [-0.1, -0.05) is 26.7 Å². The third-order valence-corrected chi connectivity index (χ3v) is 5.11. The summed E-state index contributed by atoms with van der Waals surface area (Å²) in [6.07, 6.45) is 6.70. The molecule has 1 aromatic rings. The fourth-order valence-electron chi connectivity index (χ4n) is 3.41. The van der Waals surface area contributed by atoms with Gasteiger partial charge < -0.3 is 9.84 Å². The molecule has 0 amide bonds. The van der Waals surface area contributed by atoms with Crippen LogP contribution >= 0.6 is 0 Å². The zero-order valence-electron chi connectivity index (χ0n) is 13.4. The molecule has 0 aromatic carbocycles. The number of aliphatic hydroxyl groups is 1. The molecule has 112 valence electrons. The molecule has 0 spiro atoms. The number of hydrogen-bond donors (Lipinski definition) is 1. The molecule has 1 aliphatic rings. The second-order valence-corrected chi connectivity index (χ2v) is 6.85. The Morgan fingerprint density at radius 2 is 1.90 bits per heavy atom. The number of aryl methyl sites for hydroxylation is 1. The molecule has 0 radical (unpaired) electrons. The maximum Gasteiger partial charge on any atom is 0.128 e. The minimum atomic E-state index is -0.663. The van der Waals surface area contributed by atoms with Gasteiger partial charge in [0.25, 0.3) is 0 Å². The molecule has 1 heterocycles. The Kier molecular flexibility index (Phi) is 4.10. The van der Waals surface area contributed by atoms with Crippen molar-refractivity contribution in [1.82, 2.24) is 4.98 Å². The van der Waals surface area contributed by atoms with Gasteiger partial charge in [-0.05, 0) is 32.1 Å². The van der Waals surface area contributed by atoms with E-state index in [1.165, 1.54) is 6.42 Å². The summed E-state index contributed by atoms with van der Waals surface area (Å²) in [7, 11) is 1.69. The van der Waals surface area contributed by atoms with Gasteiger partial charge in [-0.3, -0.25) is 4.98 Å². The van der Waals surface area contributed by atoms with Crippen molar-refractivity contribution in [2.75, 3.05) is 7.11 Å². The second kappa shape index (κ2) is 5.36. The fourth-order valence-corrected chi connectivity index (χ4v) is 3.41. The third kappa shape index (κ3) is 2.56. The molecule has 1 fully saturated rings. The van der Waals surface area contributed by atoms with E-state index in [-0.39, 0.29) is 5.41 Å². The number of nitrogens with zero attached hydrogens (tertiary/aromatic N) is 1. The monoisotopic (exact) mass is 277 g/mol. The van der Waals surface area contributed by atoms with Gasteiger partial charge >= 0.3 is 0 Å². The second-order valence-electron chi connectivity index (χ2n) is 6.85. The van der Waals surface area contributed by atoms with Crippen molar-refractivity contribution in [2.24, 2.45) is 5.41 Å². The zero-order valence-corrected chi connectivity index (χ0v) is 13.4. The number of ether oxygens (including phenoxy) is 1. The minimum Gasteiger partial charge on any atom is -0.496 e. The summed E-state index contributed by atoms with van der Waals surface area (Å²) in [5.41, 5.74) is 2.34. The van der Waals surface area contributed by atoms with Crippen molar-refractivity contribution < 1.29 is 9.84 Å². The molecule has 1 N–H and O–H groups in total. The van der Waals surface area contributed by atoms with Crippen molar-refractivity contribution in [3.63, 3.8) is 0 Å². The van der Waals surface area contributed by atoms with Gasteiger partial charge in [-0.2, -0.15) is 0 Å². The van der Waals surface area contributed by atoms with Crippen LogP contribution in [0.3, 0.4) is 0 Å². The van der Waals surface area contributed by atoms with Gasteiger partial charge in [-0.25, -0.2) is 0 Å². The van der Waals surface area contributed by atoms with Gasteiger partial charge in [0.1, 0.15) is 5.75 Å². The quantitative estimate of drug-likeness (QED) is 0.918. The van der Waals surface area contributed by atoms with Crippen molar-refractivity contribution in [3.8, 4) is 5.75 Å². The standard InChI is InChI=1S/C17H27NO2/c1-12-11-18-14(13(2)15(12)20-5)10-17(19)9-7-6-8-16(17,3)4/h11,19H,6-10H2,1-5H3. The predicted octanol–water partition coefficient (Wildman–Crippen LogP) is 3.58. The van der Waals surface area contributed by atoms with Crippen molar-refractivity contribution >= 4 is 0 Å². The summed E-state index contributed by atoms with van der Waals surface area (Å²) in [6.45, 7) is 8.38. The maximum atomic E-state index is 11.1. The van der Waals surface area contributed by atoms with Gasteiger partial charge in [0.05, 0.1) is 12.7 Å². The van der Waals surface area contributed by atoms with E-state index in [0.29, 0.717) is 6.42 Å². The highest BCUT2D eigenvalue weighted by Crippen LogP contribution is 2.46. The van der Waals surface area contributed by atoms with Crippen LogP contribution in [0.15, 0.2) is 6.20 Å². The molecule has 20 heavy (non-hydrogen) atoms. The molecule has 1 aromatic heterocycles. The van der Waals surface area contributed by atoms with Crippen LogP contribution in [0.2, 0.25) is 0 Å². The molecule has 3 heteroatoms. The van der Waals surface area contributed by atoms with Crippen LogP contribution in [0.5, 0.6) is 5.75 Å². The Hall–Kier alpha value is -1.09. The lowest BCUT2D eigenvalue weighted by molar-refractivity contribution is -0.0965. The van der Waals surface area contributed by atoms with E-state index in [9.17, 15) is 5.11 Å². The molecule has 1 aliphatic carbocycles. The van der Waals surface area contributed by atoms with Crippen molar-refractivity contribution in [1.29, 1.82) is 0 Å². The van der Waals surface area contributed by atoms with E-state index in [1.54, 1.807) is 7.11 Å². The first-order valence-electron chi connectivity index (χ1n) is 7.52. The Morgan fingerprint density at radius 1 is 1.25 bits per heavy atom. The lowest BCUT2D eigenvalue weighted by Crippen LogP contribution is -2.49. The van der Waals surface area contributed by atoms with Crippen LogP contribution in [-0.2, 0) is 6.42 Å². The van der Waals surface area contributed by atoms with Gasteiger partial charge in [0.2, 0.25) is 0 Å². The predicted molar refractivity (Wildman–Crippen MR) is 81.2 cm³/mol. The SMILES string of the molecule is COc1c(C)cnc(CC2(O)CCCCC2(C)C)c1C. The van der Waals surface area contributed by atoms with E-state index in [4.69, 9.17) is 4.74 Å². The summed E-state index contributed by atoms with van der Waals surface area (Å²) in [6, 6.07) is 0. The number of methoxy groups -OCH3 is 1. The first-order valence-corrected chi connectivity index (χ1v) is 7.52. The van der Waals surface area contributed by atoms with Gasteiger partial charge in [0.15, 0.2) is 0 Å².